The van der Waals surface area contributed by atoms with Crippen molar-refractivity contribution >= 4 is 0 Å². The fourth-order valence-corrected chi connectivity index (χ4v) is 3.35. The molecule has 2 unspecified atom stereocenters. The molecule has 1 saturated heterocycles. The first-order valence-corrected chi connectivity index (χ1v) is 7.43. The lowest BCUT2D eigenvalue weighted by Crippen LogP contribution is -2.47. The number of nitrogens with one attached hydrogen (secondary N) is 1. The van der Waals surface area contributed by atoms with Crippen LogP contribution in [0, 0.1) is 5.41 Å². The van der Waals surface area contributed by atoms with E-state index in [4.69, 9.17) is 4.74 Å². The molecule has 0 bridgehead atoms. The van der Waals surface area contributed by atoms with Crippen LogP contribution in [0.3, 0.4) is 0 Å². The van der Waals surface area contributed by atoms with Crippen LogP contribution >= 0.6 is 0 Å². The molecule has 2 heteroatoms. The molecule has 1 N–H and O–H groups in total. The maximum absolute atomic E-state index is 5.90. The zero-order valence-corrected chi connectivity index (χ0v) is 11.8. The predicted molar refractivity (Wildman–Crippen MR) is 72.2 cm³/mol. The van der Waals surface area contributed by atoms with Crippen LogP contribution in [0.2, 0.25) is 0 Å². The molecular weight excluding hydrogens is 210 g/mol. The van der Waals surface area contributed by atoms with E-state index in [0.717, 1.165) is 13.0 Å². The minimum atomic E-state index is 0.118. The van der Waals surface area contributed by atoms with E-state index in [2.05, 4.69) is 26.1 Å². The summed E-state index contributed by atoms with van der Waals surface area (Å²) in [6, 6.07) is 0.672. The van der Waals surface area contributed by atoms with Crippen LogP contribution in [-0.4, -0.2) is 24.8 Å². The molecule has 0 amide bonds. The molecule has 0 aromatic carbocycles. The van der Waals surface area contributed by atoms with Gasteiger partial charge in [-0.05, 0) is 44.4 Å². The second-order valence-corrected chi connectivity index (χ2v) is 6.74. The van der Waals surface area contributed by atoms with Crippen LogP contribution in [0.5, 0.6) is 0 Å². The minimum Gasteiger partial charge on any atom is -0.375 e. The first-order valence-electron chi connectivity index (χ1n) is 7.43. The van der Waals surface area contributed by atoms with Crippen molar-refractivity contribution in [2.45, 2.75) is 77.4 Å². The van der Waals surface area contributed by atoms with E-state index in [0.29, 0.717) is 11.5 Å². The third kappa shape index (κ3) is 3.45. The van der Waals surface area contributed by atoms with Gasteiger partial charge in [-0.1, -0.05) is 26.7 Å². The van der Waals surface area contributed by atoms with Gasteiger partial charge in [0.1, 0.15) is 0 Å². The number of hydrogen-bond acceptors (Lipinski definition) is 2. The Morgan fingerprint density at radius 3 is 2.59 bits per heavy atom. The number of hydrogen-bond donors (Lipinski definition) is 1. The number of ether oxygens (including phenoxy) is 1. The Morgan fingerprint density at radius 2 is 1.94 bits per heavy atom. The van der Waals surface area contributed by atoms with E-state index in [1.54, 1.807) is 0 Å². The van der Waals surface area contributed by atoms with Crippen LogP contribution in [-0.2, 0) is 4.74 Å². The quantitative estimate of drug-likeness (QED) is 0.810. The standard InChI is InChI=1S/C15H29NO/c1-4-15(3)11-13(7-10-17-15)16-12-14(2)8-5-6-9-14/h13,16H,4-12H2,1-3H3. The first kappa shape index (κ1) is 13.4. The topological polar surface area (TPSA) is 21.3 Å². The lowest BCUT2D eigenvalue weighted by atomic mass is 9.86. The van der Waals surface area contributed by atoms with E-state index in [-0.39, 0.29) is 5.60 Å². The average Bonchev–Trinajstić information content (AvgIpc) is 2.75. The van der Waals surface area contributed by atoms with Gasteiger partial charge in [-0.15, -0.1) is 0 Å². The maximum Gasteiger partial charge on any atom is 0.0666 e. The Balaban J connectivity index is 1.79. The van der Waals surface area contributed by atoms with E-state index >= 15 is 0 Å². The third-order valence-corrected chi connectivity index (χ3v) is 4.97. The summed E-state index contributed by atoms with van der Waals surface area (Å²) >= 11 is 0. The number of rotatable bonds is 4. The molecule has 2 nitrogen and oxygen atoms in total. The Labute approximate surface area is 107 Å². The summed E-state index contributed by atoms with van der Waals surface area (Å²) in [5.74, 6) is 0. The van der Waals surface area contributed by atoms with Gasteiger partial charge in [-0.25, -0.2) is 0 Å². The molecule has 2 aliphatic rings. The van der Waals surface area contributed by atoms with Crippen molar-refractivity contribution in [3.63, 3.8) is 0 Å². The lowest BCUT2D eigenvalue weighted by molar-refractivity contribution is -0.0787. The molecule has 0 aromatic heterocycles. The molecule has 0 radical (unpaired) electrons. The largest absolute Gasteiger partial charge is 0.375 e. The SMILES string of the molecule is CCC1(C)CC(NCC2(C)CCCC2)CCO1. The molecule has 17 heavy (non-hydrogen) atoms. The fourth-order valence-electron chi connectivity index (χ4n) is 3.35. The highest BCUT2D eigenvalue weighted by Gasteiger charge is 2.34. The van der Waals surface area contributed by atoms with Gasteiger partial charge < -0.3 is 10.1 Å². The fraction of sp³-hybridized carbons (Fsp3) is 1.00. The molecule has 2 rings (SSSR count). The van der Waals surface area contributed by atoms with Gasteiger partial charge in [0.15, 0.2) is 0 Å². The summed E-state index contributed by atoms with van der Waals surface area (Å²) in [4.78, 5) is 0. The molecule has 1 saturated carbocycles. The minimum absolute atomic E-state index is 0.118. The summed E-state index contributed by atoms with van der Waals surface area (Å²) in [6.07, 6.45) is 9.17. The smallest absolute Gasteiger partial charge is 0.0666 e. The van der Waals surface area contributed by atoms with Gasteiger partial charge in [0.2, 0.25) is 0 Å². The van der Waals surface area contributed by atoms with Crippen LogP contribution in [0.25, 0.3) is 0 Å². The molecule has 1 aliphatic heterocycles. The Bertz CT molecular complexity index is 247. The highest BCUT2D eigenvalue weighted by Crippen LogP contribution is 2.37. The van der Waals surface area contributed by atoms with Gasteiger partial charge in [-0.3, -0.25) is 0 Å². The van der Waals surface area contributed by atoms with Gasteiger partial charge in [-0.2, -0.15) is 0 Å². The van der Waals surface area contributed by atoms with Gasteiger partial charge >= 0.3 is 0 Å². The van der Waals surface area contributed by atoms with Crippen LogP contribution < -0.4 is 5.32 Å². The second-order valence-electron chi connectivity index (χ2n) is 6.74. The maximum atomic E-state index is 5.90. The van der Waals surface area contributed by atoms with Crippen molar-refractivity contribution < 1.29 is 4.74 Å². The van der Waals surface area contributed by atoms with E-state index in [1.165, 1.54) is 45.1 Å². The third-order valence-electron chi connectivity index (χ3n) is 4.97. The molecule has 0 aromatic rings. The van der Waals surface area contributed by atoms with E-state index in [9.17, 15) is 0 Å². The summed E-state index contributed by atoms with van der Waals surface area (Å²) in [5.41, 5.74) is 0.688. The Hall–Kier alpha value is -0.0800. The summed E-state index contributed by atoms with van der Waals surface area (Å²) in [7, 11) is 0. The first-order chi connectivity index (χ1) is 8.05. The zero-order chi connectivity index (χ0) is 12.4. The van der Waals surface area contributed by atoms with Crippen molar-refractivity contribution in [2.24, 2.45) is 5.41 Å². The van der Waals surface area contributed by atoms with Crippen molar-refractivity contribution in [3.8, 4) is 0 Å². The molecule has 0 spiro atoms. The van der Waals surface area contributed by atoms with Crippen molar-refractivity contribution in [1.29, 1.82) is 0 Å². The molecule has 2 fully saturated rings. The normalized spacial score (nSPS) is 37.2. The van der Waals surface area contributed by atoms with Gasteiger partial charge in [0, 0.05) is 19.2 Å². The second kappa shape index (κ2) is 5.27. The van der Waals surface area contributed by atoms with Gasteiger partial charge in [0.05, 0.1) is 5.60 Å². The van der Waals surface area contributed by atoms with E-state index in [1.807, 2.05) is 0 Å². The lowest BCUT2D eigenvalue weighted by Gasteiger charge is -2.39. The Morgan fingerprint density at radius 1 is 1.24 bits per heavy atom. The average molecular weight is 239 g/mol. The summed E-state index contributed by atoms with van der Waals surface area (Å²) in [5, 5.41) is 3.81. The van der Waals surface area contributed by atoms with Crippen LogP contribution in [0.1, 0.15) is 65.7 Å². The Kier molecular flexibility index (Phi) is 4.14. The molecule has 2 atom stereocenters. The van der Waals surface area contributed by atoms with Crippen molar-refractivity contribution in [2.75, 3.05) is 13.2 Å². The molecule has 1 heterocycles. The van der Waals surface area contributed by atoms with Crippen LogP contribution in [0.4, 0.5) is 0 Å². The van der Waals surface area contributed by atoms with Crippen molar-refractivity contribution in [1.82, 2.24) is 5.32 Å². The predicted octanol–water partition coefficient (Wildman–Crippen LogP) is 3.50. The van der Waals surface area contributed by atoms with Crippen molar-refractivity contribution in [3.05, 3.63) is 0 Å². The van der Waals surface area contributed by atoms with Crippen LogP contribution in [0.15, 0.2) is 0 Å². The van der Waals surface area contributed by atoms with E-state index < -0.39 is 0 Å². The zero-order valence-electron chi connectivity index (χ0n) is 11.8. The highest BCUT2D eigenvalue weighted by molar-refractivity contribution is 4.88. The molecular formula is C15H29NO. The highest BCUT2D eigenvalue weighted by atomic mass is 16.5. The summed E-state index contributed by atoms with van der Waals surface area (Å²) < 4.78 is 5.90. The monoisotopic (exact) mass is 239 g/mol. The molecule has 100 valence electrons. The summed E-state index contributed by atoms with van der Waals surface area (Å²) in [6.45, 7) is 9.08. The molecule has 1 aliphatic carbocycles. The van der Waals surface area contributed by atoms with Gasteiger partial charge in [0.25, 0.3) is 0 Å².